The third kappa shape index (κ3) is 2.56. The van der Waals surface area contributed by atoms with Gasteiger partial charge in [-0.1, -0.05) is 36.4 Å². The van der Waals surface area contributed by atoms with E-state index < -0.39 is 0 Å². The molecule has 0 spiro atoms. The smallest absolute Gasteiger partial charge is 0.115 e. The standard InChI is InChI=1S/C18H21NO/c1-19-18(12-13-6-9-15(20)10-7-13)17-11-8-14-4-2-3-5-16(14)17/h2-7,9-10,17-20H,8,11-12H2,1H3. The summed E-state index contributed by atoms with van der Waals surface area (Å²) in [6.07, 6.45) is 3.41. The van der Waals surface area contributed by atoms with Gasteiger partial charge in [0.1, 0.15) is 5.75 Å². The first-order valence-electron chi connectivity index (χ1n) is 7.31. The van der Waals surface area contributed by atoms with Crippen molar-refractivity contribution >= 4 is 0 Å². The molecule has 20 heavy (non-hydrogen) atoms. The molecule has 2 N–H and O–H groups in total. The maximum atomic E-state index is 9.37. The molecule has 0 saturated carbocycles. The van der Waals surface area contributed by atoms with Crippen molar-refractivity contribution in [3.8, 4) is 5.75 Å². The molecular formula is C18H21NO. The van der Waals surface area contributed by atoms with Crippen molar-refractivity contribution in [3.63, 3.8) is 0 Å². The van der Waals surface area contributed by atoms with Gasteiger partial charge in [-0.2, -0.15) is 0 Å². The highest BCUT2D eigenvalue weighted by Gasteiger charge is 2.28. The summed E-state index contributed by atoms with van der Waals surface area (Å²) in [5, 5.41) is 12.9. The zero-order chi connectivity index (χ0) is 13.9. The lowest BCUT2D eigenvalue weighted by molar-refractivity contribution is 0.454. The highest BCUT2D eigenvalue weighted by Crippen LogP contribution is 2.36. The number of fused-ring (bicyclic) bond motifs is 1. The molecule has 0 heterocycles. The Hall–Kier alpha value is -1.80. The Bertz CT molecular complexity index is 576. The van der Waals surface area contributed by atoms with E-state index in [1.54, 1.807) is 12.1 Å². The van der Waals surface area contributed by atoms with Gasteiger partial charge in [0.05, 0.1) is 0 Å². The predicted molar refractivity (Wildman–Crippen MR) is 82.2 cm³/mol. The van der Waals surface area contributed by atoms with Crippen LogP contribution in [0.15, 0.2) is 48.5 Å². The molecule has 2 aromatic rings. The van der Waals surface area contributed by atoms with Gasteiger partial charge in [0.15, 0.2) is 0 Å². The summed E-state index contributed by atoms with van der Waals surface area (Å²) in [5.41, 5.74) is 4.28. The maximum absolute atomic E-state index is 9.37. The van der Waals surface area contributed by atoms with Crippen LogP contribution in [0.2, 0.25) is 0 Å². The average molecular weight is 267 g/mol. The van der Waals surface area contributed by atoms with Crippen molar-refractivity contribution in [2.45, 2.75) is 31.2 Å². The first-order chi connectivity index (χ1) is 9.78. The van der Waals surface area contributed by atoms with Crippen LogP contribution in [-0.2, 0) is 12.8 Å². The van der Waals surface area contributed by atoms with Crippen LogP contribution < -0.4 is 5.32 Å². The van der Waals surface area contributed by atoms with Gasteiger partial charge in [0.2, 0.25) is 0 Å². The topological polar surface area (TPSA) is 32.3 Å². The minimum Gasteiger partial charge on any atom is -0.508 e. The first kappa shape index (κ1) is 13.2. The van der Waals surface area contributed by atoms with Crippen LogP contribution in [-0.4, -0.2) is 18.2 Å². The number of rotatable bonds is 4. The Morgan fingerprint density at radius 1 is 1.15 bits per heavy atom. The number of aryl methyl sites for hydroxylation is 1. The van der Waals surface area contributed by atoms with Crippen LogP contribution in [0.5, 0.6) is 5.75 Å². The van der Waals surface area contributed by atoms with E-state index in [1.165, 1.54) is 29.5 Å². The average Bonchev–Trinajstić information content (AvgIpc) is 2.91. The van der Waals surface area contributed by atoms with E-state index >= 15 is 0 Å². The lowest BCUT2D eigenvalue weighted by Gasteiger charge is -2.24. The van der Waals surface area contributed by atoms with Gasteiger partial charge in [-0.15, -0.1) is 0 Å². The fourth-order valence-electron chi connectivity index (χ4n) is 3.34. The van der Waals surface area contributed by atoms with Crippen LogP contribution in [0, 0.1) is 0 Å². The summed E-state index contributed by atoms with van der Waals surface area (Å²) < 4.78 is 0. The molecular weight excluding hydrogens is 246 g/mol. The van der Waals surface area contributed by atoms with Gasteiger partial charge < -0.3 is 10.4 Å². The summed E-state index contributed by atoms with van der Waals surface area (Å²) in [6, 6.07) is 16.8. The van der Waals surface area contributed by atoms with Gasteiger partial charge >= 0.3 is 0 Å². The normalized spacial score (nSPS) is 18.8. The van der Waals surface area contributed by atoms with Crippen molar-refractivity contribution in [1.29, 1.82) is 0 Å². The number of phenols is 1. The van der Waals surface area contributed by atoms with Crippen LogP contribution >= 0.6 is 0 Å². The number of aromatic hydroxyl groups is 1. The summed E-state index contributed by atoms with van der Waals surface area (Å²) in [6.45, 7) is 0. The fraction of sp³-hybridized carbons (Fsp3) is 0.333. The van der Waals surface area contributed by atoms with Gasteiger partial charge in [0.25, 0.3) is 0 Å². The second-order valence-electron chi connectivity index (χ2n) is 5.61. The second-order valence-corrected chi connectivity index (χ2v) is 5.61. The predicted octanol–water partition coefficient (Wildman–Crippen LogP) is 3.25. The molecule has 0 aromatic heterocycles. The van der Waals surface area contributed by atoms with Crippen LogP contribution in [0.25, 0.3) is 0 Å². The van der Waals surface area contributed by atoms with Crippen molar-refractivity contribution in [1.82, 2.24) is 5.32 Å². The van der Waals surface area contributed by atoms with E-state index in [9.17, 15) is 5.11 Å². The molecule has 1 aliphatic carbocycles. The Balaban J connectivity index is 1.79. The van der Waals surface area contributed by atoms with Crippen molar-refractivity contribution in [2.24, 2.45) is 0 Å². The number of hydrogen-bond acceptors (Lipinski definition) is 2. The Labute approximate surface area is 120 Å². The largest absolute Gasteiger partial charge is 0.508 e. The van der Waals surface area contributed by atoms with Crippen LogP contribution in [0.3, 0.4) is 0 Å². The van der Waals surface area contributed by atoms with E-state index in [0.717, 1.165) is 6.42 Å². The Morgan fingerprint density at radius 3 is 2.65 bits per heavy atom. The number of nitrogens with one attached hydrogen (secondary N) is 1. The molecule has 2 nitrogen and oxygen atoms in total. The van der Waals surface area contributed by atoms with Gasteiger partial charge in [0, 0.05) is 12.0 Å². The number of phenolic OH excluding ortho intramolecular Hbond substituents is 1. The molecule has 0 fully saturated rings. The van der Waals surface area contributed by atoms with Gasteiger partial charge in [-0.05, 0) is 55.1 Å². The quantitative estimate of drug-likeness (QED) is 0.891. The molecule has 1 aliphatic rings. The van der Waals surface area contributed by atoms with Crippen LogP contribution in [0.1, 0.15) is 29.0 Å². The van der Waals surface area contributed by atoms with E-state index in [0.29, 0.717) is 17.7 Å². The molecule has 3 rings (SSSR count). The van der Waals surface area contributed by atoms with E-state index in [4.69, 9.17) is 0 Å². The van der Waals surface area contributed by atoms with Gasteiger partial charge in [-0.25, -0.2) is 0 Å². The summed E-state index contributed by atoms with van der Waals surface area (Å²) in [7, 11) is 2.05. The lowest BCUT2D eigenvalue weighted by Crippen LogP contribution is -2.33. The molecule has 0 bridgehead atoms. The molecule has 2 unspecified atom stereocenters. The van der Waals surface area contributed by atoms with Crippen LogP contribution in [0.4, 0.5) is 0 Å². The summed E-state index contributed by atoms with van der Waals surface area (Å²) in [5.74, 6) is 0.922. The molecule has 0 aliphatic heterocycles. The number of hydrogen-bond donors (Lipinski definition) is 2. The highest BCUT2D eigenvalue weighted by atomic mass is 16.3. The van der Waals surface area contributed by atoms with Gasteiger partial charge in [-0.3, -0.25) is 0 Å². The van der Waals surface area contributed by atoms with Crippen molar-refractivity contribution < 1.29 is 5.11 Å². The minimum atomic E-state index is 0.334. The van der Waals surface area contributed by atoms with E-state index in [2.05, 4.69) is 29.6 Å². The maximum Gasteiger partial charge on any atom is 0.115 e. The zero-order valence-corrected chi connectivity index (χ0v) is 11.8. The number of likely N-dealkylation sites (N-methyl/N-ethyl adjacent to an activating group) is 1. The SMILES string of the molecule is CNC(Cc1ccc(O)cc1)C1CCc2ccccc21. The molecule has 2 heteroatoms. The third-order valence-corrected chi connectivity index (χ3v) is 4.43. The van der Waals surface area contributed by atoms with Crippen molar-refractivity contribution in [3.05, 3.63) is 65.2 Å². The van der Waals surface area contributed by atoms with E-state index in [-0.39, 0.29) is 0 Å². The molecule has 0 radical (unpaired) electrons. The third-order valence-electron chi connectivity index (χ3n) is 4.43. The van der Waals surface area contributed by atoms with Crippen molar-refractivity contribution in [2.75, 3.05) is 7.05 Å². The number of benzene rings is 2. The van der Waals surface area contributed by atoms with E-state index in [1.807, 2.05) is 19.2 Å². The Morgan fingerprint density at radius 2 is 1.90 bits per heavy atom. The first-order valence-corrected chi connectivity index (χ1v) is 7.31. The highest BCUT2D eigenvalue weighted by molar-refractivity contribution is 5.37. The molecule has 104 valence electrons. The fourth-order valence-corrected chi connectivity index (χ4v) is 3.34. The molecule has 0 amide bonds. The summed E-state index contributed by atoms with van der Waals surface area (Å²) in [4.78, 5) is 0. The zero-order valence-electron chi connectivity index (χ0n) is 11.8. The molecule has 2 atom stereocenters. The second kappa shape index (κ2) is 5.68. The Kier molecular flexibility index (Phi) is 3.75. The molecule has 0 saturated heterocycles. The summed E-state index contributed by atoms with van der Waals surface area (Å²) >= 11 is 0. The monoisotopic (exact) mass is 267 g/mol. The minimum absolute atomic E-state index is 0.334. The lowest BCUT2D eigenvalue weighted by atomic mass is 9.89. The molecule has 2 aromatic carbocycles.